The van der Waals surface area contributed by atoms with Crippen molar-refractivity contribution in [2.45, 2.75) is 25.4 Å². The van der Waals surface area contributed by atoms with Crippen LogP contribution in [0.25, 0.3) is 0 Å². The maximum Gasteiger partial charge on any atom is 0.257 e. The molecule has 0 fully saturated rings. The van der Waals surface area contributed by atoms with E-state index in [9.17, 15) is 4.79 Å². The van der Waals surface area contributed by atoms with E-state index < -0.39 is 5.54 Å². The smallest absolute Gasteiger partial charge is 0.257 e. The molecule has 0 aliphatic heterocycles. The van der Waals surface area contributed by atoms with Crippen molar-refractivity contribution < 1.29 is 4.79 Å². The molecule has 36 heavy (non-hydrogen) atoms. The second-order valence-corrected chi connectivity index (χ2v) is 9.28. The minimum absolute atomic E-state index is 0.0515. The predicted molar refractivity (Wildman–Crippen MR) is 151 cm³/mol. The molecule has 1 unspecified atom stereocenters. The normalized spacial score (nSPS) is 11.9. The zero-order chi connectivity index (χ0) is 25.4. The molecule has 0 spiro atoms. The van der Waals surface area contributed by atoms with Crippen molar-refractivity contribution in [1.82, 2.24) is 16.0 Å². The Labute approximate surface area is 218 Å². The van der Waals surface area contributed by atoms with Gasteiger partial charge in [-0.3, -0.25) is 15.4 Å². The Balaban J connectivity index is 1.60. The van der Waals surface area contributed by atoms with Gasteiger partial charge in [0.25, 0.3) is 5.91 Å². The van der Waals surface area contributed by atoms with Gasteiger partial charge < -0.3 is 5.32 Å². The molecule has 4 nitrogen and oxygen atoms in total. The number of amides is 1. The molecule has 3 N–H and O–H groups in total. The first-order valence-electron chi connectivity index (χ1n) is 12.1. The number of rotatable bonds is 8. The van der Waals surface area contributed by atoms with Crippen molar-refractivity contribution in [3.63, 3.8) is 0 Å². The Morgan fingerprint density at radius 3 is 1.83 bits per heavy atom. The molecule has 182 valence electrons. The molecule has 0 radical (unpaired) electrons. The van der Waals surface area contributed by atoms with E-state index in [1.807, 2.05) is 37.3 Å². The van der Waals surface area contributed by atoms with Crippen molar-refractivity contribution in [1.29, 1.82) is 0 Å². The molecule has 4 aromatic carbocycles. The highest BCUT2D eigenvalue weighted by Crippen LogP contribution is 2.38. The minimum Gasteiger partial charge on any atom is -0.359 e. The molecule has 0 saturated heterocycles. The zero-order valence-electron chi connectivity index (χ0n) is 20.6. The van der Waals surface area contributed by atoms with Crippen LogP contribution in [-0.4, -0.2) is 23.6 Å². The lowest BCUT2D eigenvalue weighted by Crippen LogP contribution is -2.52. The summed E-state index contributed by atoms with van der Waals surface area (Å²) >= 11 is 5.44. The van der Waals surface area contributed by atoms with Crippen LogP contribution >= 0.6 is 12.2 Å². The molecule has 0 heterocycles. The number of thiocarbonyl (C=S) groups is 1. The van der Waals surface area contributed by atoms with E-state index in [1.54, 1.807) is 12.1 Å². The molecule has 0 aromatic heterocycles. The summed E-state index contributed by atoms with van der Waals surface area (Å²) in [5.74, 6) is -0.226. The second kappa shape index (κ2) is 11.8. The van der Waals surface area contributed by atoms with Crippen molar-refractivity contribution in [3.8, 4) is 0 Å². The van der Waals surface area contributed by atoms with Crippen LogP contribution in [0.1, 0.15) is 39.5 Å². The Morgan fingerprint density at radius 1 is 0.778 bits per heavy atom. The Bertz CT molecular complexity index is 1250. The lowest BCUT2D eigenvalue weighted by Gasteiger charge is -2.39. The van der Waals surface area contributed by atoms with Gasteiger partial charge in [-0.1, -0.05) is 103 Å². The van der Waals surface area contributed by atoms with Crippen molar-refractivity contribution >= 4 is 23.2 Å². The van der Waals surface area contributed by atoms with E-state index in [0.717, 1.165) is 11.1 Å². The summed E-state index contributed by atoms with van der Waals surface area (Å²) in [5.41, 5.74) is 4.69. The van der Waals surface area contributed by atoms with Gasteiger partial charge in [-0.05, 0) is 60.5 Å². The number of carbonyl (C=O) groups excluding carboxylic acids is 1. The third-order valence-electron chi connectivity index (χ3n) is 6.28. The van der Waals surface area contributed by atoms with Gasteiger partial charge in [-0.15, -0.1) is 0 Å². The maximum absolute atomic E-state index is 12.5. The predicted octanol–water partition coefficient (Wildman–Crippen LogP) is 5.57. The Kier molecular flexibility index (Phi) is 8.26. The number of hydrogen-bond acceptors (Lipinski definition) is 3. The monoisotopic (exact) mass is 493 g/mol. The molecule has 1 atom stereocenters. The lowest BCUT2D eigenvalue weighted by molar-refractivity contribution is 0.0976. The fraction of sp³-hybridized carbons (Fsp3) is 0.161. The highest BCUT2D eigenvalue weighted by molar-refractivity contribution is 7.80. The van der Waals surface area contributed by atoms with Crippen LogP contribution in [0.2, 0.25) is 0 Å². The summed E-state index contributed by atoms with van der Waals surface area (Å²) in [6, 6.07) is 38.5. The molecular weight excluding hydrogens is 462 g/mol. The minimum atomic E-state index is -0.571. The van der Waals surface area contributed by atoms with E-state index in [4.69, 9.17) is 12.2 Å². The van der Waals surface area contributed by atoms with Crippen LogP contribution in [0.3, 0.4) is 0 Å². The lowest BCUT2D eigenvalue weighted by atomic mass is 9.75. The topological polar surface area (TPSA) is 53.2 Å². The summed E-state index contributed by atoms with van der Waals surface area (Å²) in [5, 5.41) is 10.2. The first kappa shape index (κ1) is 25.3. The fourth-order valence-electron chi connectivity index (χ4n) is 4.53. The van der Waals surface area contributed by atoms with Gasteiger partial charge in [0.1, 0.15) is 0 Å². The maximum atomic E-state index is 12.5. The van der Waals surface area contributed by atoms with E-state index in [2.05, 4.69) is 95.7 Å². The number of benzene rings is 4. The van der Waals surface area contributed by atoms with Crippen molar-refractivity contribution in [2.75, 3.05) is 6.54 Å². The second-order valence-electron chi connectivity index (χ2n) is 8.87. The van der Waals surface area contributed by atoms with Crippen LogP contribution in [-0.2, 0) is 5.54 Å². The molecule has 0 aliphatic rings. The van der Waals surface area contributed by atoms with Gasteiger partial charge in [-0.2, -0.15) is 0 Å². The number of nitrogens with one attached hydrogen (secondary N) is 3. The summed E-state index contributed by atoms with van der Waals surface area (Å²) < 4.78 is 0. The van der Waals surface area contributed by atoms with Crippen LogP contribution in [0.5, 0.6) is 0 Å². The van der Waals surface area contributed by atoms with Gasteiger partial charge in [0.15, 0.2) is 5.11 Å². The SMILES string of the molecule is Cc1ccccc1C(NCC(C)NC(=S)NC(=O)c1ccccc1)(c1ccccc1)c1ccccc1. The van der Waals surface area contributed by atoms with Crippen LogP contribution in [0.15, 0.2) is 115 Å². The Morgan fingerprint density at radius 2 is 1.28 bits per heavy atom. The Hall–Kier alpha value is -3.80. The first-order chi connectivity index (χ1) is 17.5. The summed E-state index contributed by atoms with van der Waals surface area (Å²) in [4.78, 5) is 12.5. The molecule has 0 bridgehead atoms. The highest BCUT2D eigenvalue weighted by Gasteiger charge is 2.37. The quantitative estimate of drug-likeness (QED) is 0.222. The van der Waals surface area contributed by atoms with Crippen LogP contribution in [0.4, 0.5) is 0 Å². The summed E-state index contributed by atoms with van der Waals surface area (Å²) in [6.07, 6.45) is 0. The number of aryl methyl sites for hydroxylation is 1. The van der Waals surface area contributed by atoms with Gasteiger partial charge in [-0.25, -0.2) is 0 Å². The van der Waals surface area contributed by atoms with E-state index in [-0.39, 0.29) is 11.9 Å². The molecular formula is C31H31N3OS. The van der Waals surface area contributed by atoms with Gasteiger partial charge >= 0.3 is 0 Å². The molecule has 5 heteroatoms. The molecule has 0 saturated carbocycles. The third kappa shape index (κ3) is 5.70. The average molecular weight is 494 g/mol. The van der Waals surface area contributed by atoms with Gasteiger partial charge in [0.05, 0.1) is 5.54 Å². The fourth-order valence-corrected chi connectivity index (χ4v) is 4.82. The van der Waals surface area contributed by atoms with Crippen molar-refractivity contribution in [2.24, 2.45) is 0 Å². The van der Waals surface area contributed by atoms with Crippen LogP contribution in [0, 0.1) is 6.92 Å². The third-order valence-corrected chi connectivity index (χ3v) is 6.50. The summed E-state index contributed by atoms with van der Waals surface area (Å²) in [6.45, 7) is 4.79. The highest BCUT2D eigenvalue weighted by atomic mass is 32.1. The van der Waals surface area contributed by atoms with Crippen molar-refractivity contribution in [3.05, 3.63) is 143 Å². The van der Waals surface area contributed by atoms with Gasteiger partial charge in [0.2, 0.25) is 0 Å². The van der Waals surface area contributed by atoms with Gasteiger partial charge in [0, 0.05) is 18.2 Å². The summed E-state index contributed by atoms with van der Waals surface area (Å²) in [7, 11) is 0. The van der Waals surface area contributed by atoms with Crippen LogP contribution < -0.4 is 16.0 Å². The molecule has 4 rings (SSSR count). The first-order valence-corrected chi connectivity index (χ1v) is 12.5. The zero-order valence-corrected chi connectivity index (χ0v) is 21.4. The molecule has 4 aromatic rings. The van der Waals surface area contributed by atoms with E-state index in [0.29, 0.717) is 17.2 Å². The largest absolute Gasteiger partial charge is 0.359 e. The standard InChI is InChI=1S/C31H31N3OS/c1-23-14-12-13-21-28(23)31(26-17-8-4-9-18-26,27-19-10-5-11-20-27)32-22-24(2)33-30(36)34-29(35)25-15-6-3-7-16-25/h3-21,24,32H,22H2,1-2H3,(H2,33,34,35,36). The van der Waals surface area contributed by atoms with E-state index in [1.165, 1.54) is 11.1 Å². The molecule has 1 amide bonds. The number of hydrogen-bond donors (Lipinski definition) is 3. The number of carbonyl (C=O) groups is 1. The van der Waals surface area contributed by atoms with E-state index >= 15 is 0 Å². The molecule has 0 aliphatic carbocycles. The average Bonchev–Trinajstić information content (AvgIpc) is 2.91.